The Balaban J connectivity index is 1.72. The quantitative estimate of drug-likeness (QED) is 0.321. The third-order valence-corrected chi connectivity index (χ3v) is 6.87. The van der Waals surface area contributed by atoms with Gasteiger partial charge in [-0.05, 0) is 77.8 Å². The molecule has 0 saturated heterocycles. The lowest BCUT2D eigenvalue weighted by molar-refractivity contribution is -0.137. The van der Waals surface area contributed by atoms with Gasteiger partial charge < -0.3 is 14.4 Å². The molecule has 0 aliphatic heterocycles. The summed E-state index contributed by atoms with van der Waals surface area (Å²) in [5.74, 6) is -0.0695. The molecule has 2 amide bonds. The van der Waals surface area contributed by atoms with Crippen molar-refractivity contribution >= 4 is 37.8 Å². The first-order valence-electron chi connectivity index (χ1n) is 10.4. The maximum Gasteiger partial charge on any atom is 0.416 e. The monoisotopic (exact) mass is 570 g/mol. The van der Waals surface area contributed by atoms with Crippen molar-refractivity contribution < 1.29 is 30.6 Å². The zero-order valence-electron chi connectivity index (χ0n) is 18.7. The number of anilines is 1. The summed E-state index contributed by atoms with van der Waals surface area (Å²) in [7, 11) is -4.48. The lowest BCUT2D eigenvalue weighted by Gasteiger charge is -2.27. The molecule has 3 aromatic rings. The molecule has 0 aliphatic carbocycles. The molecule has 0 radical (unpaired) electrons. The van der Waals surface area contributed by atoms with Crippen LogP contribution in [-0.4, -0.2) is 25.4 Å². The smallest absolute Gasteiger partial charge is 0.379 e. The van der Waals surface area contributed by atoms with E-state index >= 15 is 0 Å². The maximum atomic E-state index is 12.9. The molecule has 3 rings (SSSR count). The Kier molecular flexibility index (Phi) is 8.11. The van der Waals surface area contributed by atoms with Gasteiger partial charge in [-0.1, -0.05) is 30.3 Å². The Bertz CT molecular complexity index is 1300. The van der Waals surface area contributed by atoms with E-state index < -0.39 is 26.8 Å². The second-order valence-corrected chi connectivity index (χ2v) is 10.2. The highest BCUT2D eigenvalue weighted by atomic mass is 79.9. The van der Waals surface area contributed by atoms with Crippen molar-refractivity contribution in [2.75, 3.05) is 5.32 Å². The lowest BCUT2D eigenvalue weighted by Crippen LogP contribution is -2.39. The van der Waals surface area contributed by atoms with Crippen LogP contribution in [0.1, 0.15) is 25.0 Å². The normalized spacial score (nSPS) is 11.9. The second kappa shape index (κ2) is 10.7. The summed E-state index contributed by atoms with van der Waals surface area (Å²) < 4.78 is 69.4. The molecule has 0 saturated carbocycles. The van der Waals surface area contributed by atoms with Gasteiger partial charge in [0, 0.05) is 17.1 Å². The number of carbonyl (C=O) groups excluding carboxylic acids is 1. The number of urea groups is 1. The van der Waals surface area contributed by atoms with E-state index in [0.29, 0.717) is 17.3 Å². The molecule has 0 atom stereocenters. The molecule has 6 nitrogen and oxygen atoms in total. The predicted octanol–water partition coefficient (Wildman–Crippen LogP) is 6.68. The number of carbonyl (C=O) groups is 1. The minimum Gasteiger partial charge on any atom is -0.379 e. The maximum absolute atomic E-state index is 12.9. The van der Waals surface area contributed by atoms with Gasteiger partial charge in [-0.2, -0.15) is 21.6 Å². The van der Waals surface area contributed by atoms with Crippen molar-refractivity contribution in [3.63, 3.8) is 0 Å². The molecule has 3 aromatic carbocycles. The van der Waals surface area contributed by atoms with Gasteiger partial charge in [0.05, 0.1) is 11.3 Å². The number of rotatable bonds is 7. The van der Waals surface area contributed by atoms with Crippen LogP contribution in [0, 0.1) is 0 Å². The molecule has 0 aromatic heterocycles. The molecule has 186 valence electrons. The van der Waals surface area contributed by atoms with Crippen molar-refractivity contribution in [3.05, 3.63) is 88.4 Å². The Labute approximate surface area is 210 Å². The van der Waals surface area contributed by atoms with Crippen LogP contribution in [-0.2, 0) is 22.8 Å². The SMILES string of the molecule is CC(C)N(Cc1ccc(OS(=O)(=O)c2cccc(C(F)(F)F)c2)cc1)C(=O)Nc1ccccc1Br. The topological polar surface area (TPSA) is 75.7 Å². The number of benzene rings is 3. The van der Waals surface area contributed by atoms with E-state index in [2.05, 4.69) is 21.2 Å². The zero-order chi connectivity index (χ0) is 25.8. The Morgan fingerprint density at radius 1 is 1.03 bits per heavy atom. The minimum atomic E-state index is -4.68. The molecular weight excluding hydrogens is 549 g/mol. The van der Waals surface area contributed by atoms with Gasteiger partial charge in [-0.25, -0.2) is 4.79 Å². The van der Waals surface area contributed by atoms with Crippen molar-refractivity contribution in [3.8, 4) is 5.75 Å². The highest BCUT2D eigenvalue weighted by Gasteiger charge is 2.32. The number of halogens is 4. The van der Waals surface area contributed by atoms with E-state index in [1.165, 1.54) is 12.1 Å². The van der Waals surface area contributed by atoms with Gasteiger partial charge in [0.1, 0.15) is 10.6 Å². The van der Waals surface area contributed by atoms with Crippen LogP contribution in [0.25, 0.3) is 0 Å². The summed E-state index contributed by atoms with van der Waals surface area (Å²) >= 11 is 3.39. The standard InChI is InChI=1S/C24H22BrF3N2O4S/c1-16(2)30(23(31)29-22-9-4-3-8-21(22)25)15-17-10-12-19(13-11-17)34-35(32,33)20-7-5-6-18(14-20)24(26,27)28/h3-14,16H,15H2,1-2H3,(H,29,31). The number of alkyl halides is 3. The molecule has 35 heavy (non-hydrogen) atoms. The van der Waals surface area contributed by atoms with Gasteiger partial charge in [-0.15, -0.1) is 0 Å². The van der Waals surface area contributed by atoms with Crippen molar-refractivity contribution in [2.45, 2.75) is 37.5 Å². The van der Waals surface area contributed by atoms with Crippen molar-refractivity contribution in [1.82, 2.24) is 4.90 Å². The summed E-state index contributed by atoms with van der Waals surface area (Å²) in [5.41, 5.74) is 0.226. The van der Waals surface area contributed by atoms with E-state index in [0.717, 1.165) is 22.7 Å². The molecule has 0 unspecified atom stereocenters. The van der Waals surface area contributed by atoms with Crippen molar-refractivity contribution in [1.29, 1.82) is 0 Å². The lowest BCUT2D eigenvalue weighted by atomic mass is 10.2. The fraction of sp³-hybridized carbons (Fsp3) is 0.208. The van der Waals surface area contributed by atoms with Gasteiger partial charge in [0.15, 0.2) is 0 Å². The number of amides is 2. The average Bonchev–Trinajstić information content (AvgIpc) is 2.79. The van der Waals surface area contributed by atoms with Crippen LogP contribution in [0.3, 0.4) is 0 Å². The fourth-order valence-electron chi connectivity index (χ4n) is 3.09. The minimum absolute atomic E-state index is 0.0695. The van der Waals surface area contributed by atoms with Gasteiger partial charge >= 0.3 is 22.3 Å². The highest BCUT2D eigenvalue weighted by molar-refractivity contribution is 9.10. The van der Waals surface area contributed by atoms with Crippen molar-refractivity contribution in [2.24, 2.45) is 0 Å². The molecular formula is C24H22BrF3N2O4S. The number of hydrogen-bond acceptors (Lipinski definition) is 4. The first kappa shape index (κ1) is 26.6. The Hall–Kier alpha value is -3.05. The van der Waals surface area contributed by atoms with Crippen LogP contribution in [0.4, 0.5) is 23.7 Å². The Morgan fingerprint density at radius 2 is 1.69 bits per heavy atom. The molecule has 0 fully saturated rings. The molecule has 0 bridgehead atoms. The largest absolute Gasteiger partial charge is 0.416 e. The number of hydrogen-bond donors (Lipinski definition) is 1. The average molecular weight is 571 g/mol. The van der Waals surface area contributed by atoms with E-state index in [4.69, 9.17) is 4.18 Å². The van der Waals surface area contributed by atoms with Gasteiger partial charge in [-0.3, -0.25) is 0 Å². The predicted molar refractivity (Wildman–Crippen MR) is 130 cm³/mol. The summed E-state index contributed by atoms with van der Waals surface area (Å²) in [6.45, 7) is 3.95. The summed E-state index contributed by atoms with van der Waals surface area (Å²) in [4.78, 5) is 13.8. The molecule has 1 N–H and O–H groups in total. The van der Waals surface area contributed by atoms with Crippen LogP contribution in [0.5, 0.6) is 5.75 Å². The van der Waals surface area contributed by atoms with Gasteiger partial charge in [0.25, 0.3) is 0 Å². The van der Waals surface area contributed by atoms with Crippen LogP contribution >= 0.6 is 15.9 Å². The molecule has 0 heterocycles. The third kappa shape index (κ3) is 6.98. The summed E-state index contributed by atoms with van der Waals surface area (Å²) in [6, 6.07) is 16.0. The fourth-order valence-corrected chi connectivity index (χ4v) is 4.45. The highest BCUT2D eigenvalue weighted by Crippen LogP contribution is 2.31. The van der Waals surface area contributed by atoms with E-state index in [9.17, 15) is 26.4 Å². The Morgan fingerprint density at radius 3 is 2.29 bits per heavy atom. The van der Waals surface area contributed by atoms with Crippen LogP contribution in [0.2, 0.25) is 0 Å². The molecule has 0 aliphatic rings. The third-order valence-electron chi connectivity index (χ3n) is 4.93. The van der Waals surface area contributed by atoms with E-state index in [1.54, 1.807) is 29.2 Å². The van der Waals surface area contributed by atoms with Crippen LogP contribution < -0.4 is 9.50 Å². The number of nitrogens with one attached hydrogen (secondary N) is 1. The van der Waals surface area contributed by atoms with E-state index in [-0.39, 0.29) is 24.4 Å². The molecule has 11 heteroatoms. The van der Waals surface area contributed by atoms with Crippen LogP contribution in [0.15, 0.2) is 82.2 Å². The number of para-hydroxylation sites is 1. The van der Waals surface area contributed by atoms with E-state index in [1.807, 2.05) is 26.0 Å². The zero-order valence-corrected chi connectivity index (χ0v) is 21.1. The van der Waals surface area contributed by atoms with Gasteiger partial charge in [0.2, 0.25) is 0 Å². The first-order valence-corrected chi connectivity index (χ1v) is 12.6. The number of nitrogens with zero attached hydrogens (tertiary/aromatic N) is 1. The summed E-state index contributed by atoms with van der Waals surface area (Å²) in [6.07, 6.45) is -4.68. The second-order valence-electron chi connectivity index (χ2n) is 7.84. The first-order chi connectivity index (χ1) is 16.4. The molecule has 0 spiro atoms. The summed E-state index contributed by atoms with van der Waals surface area (Å²) in [5, 5.41) is 2.84.